The second-order valence-electron chi connectivity index (χ2n) is 6.05. The van der Waals surface area contributed by atoms with Crippen molar-refractivity contribution in [1.29, 1.82) is 0 Å². The number of hydrogen-bond donors (Lipinski definition) is 1. The summed E-state index contributed by atoms with van der Waals surface area (Å²) >= 11 is 0. The van der Waals surface area contributed by atoms with Gasteiger partial charge in [-0.2, -0.15) is 0 Å². The second-order valence-corrected chi connectivity index (χ2v) is 6.05. The Labute approximate surface area is 147 Å². The molecule has 0 saturated heterocycles. The van der Waals surface area contributed by atoms with Crippen LogP contribution in [0.25, 0.3) is 0 Å². The monoisotopic (exact) mass is 341 g/mol. The lowest BCUT2D eigenvalue weighted by Crippen LogP contribution is -2.27. The standard InChI is InChI=1S/C20H23NO4/c1-14-11-18-19(25-10-9-24-18)12-16(14)13-20(22)21-8-7-15-3-5-17(23-2)6-4-15/h3-6,11-12H,7-10,13H2,1-2H3,(H,21,22). The molecule has 0 radical (unpaired) electrons. The fraction of sp³-hybridized carbons (Fsp3) is 0.350. The lowest BCUT2D eigenvalue weighted by molar-refractivity contribution is -0.120. The summed E-state index contributed by atoms with van der Waals surface area (Å²) in [6, 6.07) is 11.7. The number of rotatable bonds is 6. The lowest BCUT2D eigenvalue weighted by atomic mass is 10.0. The molecule has 3 rings (SSSR count). The van der Waals surface area contributed by atoms with E-state index in [9.17, 15) is 4.79 Å². The number of hydrogen-bond acceptors (Lipinski definition) is 4. The molecule has 5 nitrogen and oxygen atoms in total. The highest BCUT2D eigenvalue weighted by Crippen LogP contribution is 2.33. The average Bonchev–Trinajstić information content (AvgIpc) is 2.63. The summed E-state index contributed by atoms with van der Waals surface area (Å²) in [6.45, 7) is 3.70. The minimum absolute atomic E-state index is 0.00768. The highest BCUT2D eigenvalue weighted by molar-refractivity contribution is 5.79. The molecule has 5 heteroatoms. The van der Waals surface area contributed by atoms with E-state index in [0.29, 0.717) is 26.2 Å². The van der Waals surface area contributed by atoms with Crippen molar-refractivity contribution in [1.82, 2.24) is 5.32 Å². The van der Waals surface area contributed by atoms with Gasteiger partial charge in [0.25, 0.3) is 0 Å². The van der Waals surface area contributed by atoms with Crippen LogP contribution in [0.2, 0.25) is 0 Å². The molecule has 1 amide bonds. The summed E-state index contributed by atoms with van der Waals surface area (Å²) in [4.78, 5) is 12.2. The largest absolute Gasteiger partial charge is 0.497 e. The summed E-state index contributed by atoms with van der Waals surface area (Å²) in [5, 5.41) is 2.97. The van der Waals surface area contributed by atoms with Crippen molar-refractivity contribution in [3.05, 3.63) is 53.1 Å². The first-order valence-electron chi connectivity index (χ1n) is 8.44. The highest BCUT2D eigenvalue weighted by Gasteiger charge is 2.15. The van der Waals surface area contributed by atoms with Gasteiger partial charge in [-0.1, -0.05) is 12.1 Å². The maximum absolute atomic E-state index is 12.2. The van der Waals surface area contributed by atoms with Gasteiger partial charge >= 0.3 is 0 Å². The maximum atomic E-state index is 12.2. The molecule has 0 aliphatic carbocycles. The zero-order valence-corrected chi connectivity index (χ0v) is 14.6. The molecule has 1 N–H and O–H groups in total. The van der Waals surface area contributed by atoms with Crippen LogP contribution in [-0.2, 0) is 17.6 Å². The smallest absolute Gasteiger partial charge is 0.224 e. The van der Waals surface area contributed by atoms with Crippen LogP contribution < -0.4 is 19.5 Å². The quantitative estimate of drug-likeness (QED) is 0.878. The summed E-state index contributed by atoms with van der Waals surface area (Å²) in [6.07, 6.45) is 1.13. The van der Waals surface area contributed by atoms with E-state index < -0.39 is 0 Å². The van der Waals surface area contributed by atoms with Crippen LogP contribution in [0, 0.1) is 6.92 Å². The third kappa shape index (κ3) is 4.44. The third-order valence-electron chi connectivity index (χ3n) is 4.25. The van der Waals surface area contributed by atoms with Crippen LogP contribution in [0.4, 0.5) is 0 Å². The number of ether oxygens (including phenoxy) is 3. The van der Waals surface area contributed by atoms with Gasteiger partial charge in [-0.05, 0) is 54.3 Å². The lowest BCUT2D eigenvalue weighted by Gasteiger charge is -2.20. The van der Waals surface area contributed by atoms with Crippen molar-refractivity contribution in [2.45, 2.75) is 19.8 Å². The van der Waals surface area contributed by atoms with Crippen molar-refractivity contribution in [2.24, 2.45) is 0 Å². The van der Waals surface area contributed by atoms with Crippen molar-refractivity contribution in [2.75, 3.05) is 26.9 Å². The van der Waals surface area contributed by atoms with Gasteiger partial charge < -0.3 is 19.5 Å². The van der Waals surface area contributed by atoms with Crippen molar-refractivity contribution >= 4 is 5.91 Å². The molecule has 132 valence electrons. The van der Waals surface area contributed by atoms with E-state index in [1.165, 1.54) is 0 Å². The van der Waals surface area contributed by atoms with E-state index in [4.69, 9.17) is 14.2 Å². The molecule has 2 aromatic carbocycles. The van der Waals surface area contributed by atoms with Gasteiger partial charge in [0.2, 0.25) is 5.91 Å². The number of methoxy groups -OCH3 is 1. The number of benzene rings is 2. The predicted molar refractivity (Wildman–Crippen MR) is 95.6 cm³/mol. The van der Waals surface area contributed by atoms with E-state index in [0.717, 1.165) is 40.4 Å². The zero-order chi connectivity index (χ0) is 17.6. The Morgan fingerprint density at radius 3 is 2.48 bits per heavy atom. The Morgan fingerprint density at radius 1 is 1.12 bits per heavy atom. The van der Waals surface area contributed by atoms with Crippen molar-refractivity contribution in [3.63, 3.8) is 0 Å². The molecule has 0 atom stereocenters. The molecular weight excluding hydrogens is 318 g/mol. The van der Waals surface area contributed by atoms with Crippen LogP contribution in [0.3, 0.4) is 0 Å². The molecule has 0 bridgehead atoms. The van der Waals surface area contributed by atoms with Crippen LogP contribution >= 0.6 is 0 Å². The number of amides is 1. The van der Waals surface area contributed by atoms with E-state index in [1.54, 1.807) is 7.11 Å². The first-order chi connectivity index (χ1) is 12.2. The van der Waals surface area contributed by atoms with Crippen molar-refractivity contribution in [3.8, 4) is 17.2 Å². The number of fused-ring (bicyclic) bond motifs is 1. The van der Waals surface area contributed by atoms with Gasteiger partial charge in [0, 0.05) is 6.54 Å². The third-order valence-corrected chi connectivity index (χ3v) is 4.25. The second kappa shape index (κ2) is 7.92. The van der Waals surface area contributed by atoms with Gasteiger partial charge in [-0.25, -0.2) is 0 Å². The SMILES string of the molecule is COc1ccc(CCNC(=O)Cc2cc3c(cc2C)OCCO3)cc1. The molecule has 0 saturated carbocycles. The Morgan fingerprint density at radius 2 is 1.80 bits per heavy atom. The topological polar surface area (TPSA) is 56.8 Å². The molecule has 1 aliphatic heterocycles. The summed E-state index contributed by atoms with van der Waals surface area (Å²) in [5.74, 6) is 2.32. The van der Waals surface area contributed by atoms with E-state index >= 15 is 0 Å². The van der Waals surface area contributed by atoms with Gasteiger partial charge in [0.05, 0.1) is 13.5 Å². The molecule has 0 unspecified atom stereocenters. The summed E-state index contributed by atoms with van der Waals surface area (Å²) < 4.78 is 16.3. The minimum atomic E-state index is 0.00768. The van der Waals surface area contributed by atoms with Gasteiger partial charge in [0.15, 0.2) is 11.5 Å². The Balaban J connectivity index is 1.52. The number of aryl methyl sites for hydroxylation is 1. The molecule has 0 spiro atoms. The number of carbonyl (C=O) groups excluding carboxylic acids is 1. The molecule has 25 heavy (non-hydrogen) atoms. The van der Waals surface area contributed by atoms with Gasteiger partial charge in [-0.3, -0.25) is 4.79 Å². The summed E-state index contributed by atoms with van der Waals surface area (Å²) in [5.41, 5.74) is 3.16. The fourth-order valence-electron chi connectivity index (χ4n) is 2.80. The van der Waals surface area contributed by atoms with Crippen LogP contribution in [0.1, 0.15) is 16.7 Å². The normalized spacial score (nSPS) is 12.6. The van der Waals surface area contributed by atoms with Gasteiger partial charge in [0.1, 0.15) is 19.0 Å². The molecule has 2 aromatic rings. The van der Waals surface area contributed by atoms with E-state index in [1.807, 2.05) is 43.3 Å². The average molecular weight is 341 g/mol. The van der Waals surface area contributed by atoms with E-state index in [-0.39, 0.29) is 5.91 Å². The maximum Gasteiger partial charge on any atom is 0.224 e. The van der Waals surface area contributed by atoms with Crippen LogP contribution in [-0.4, -0.2) is 32.8 Å². The van der Waals surface area contributed by atoms with Crippen molar-refractivity contribution < 1.29 is 19.0 Å². The number of carbonyl (C=O) groups is 1. The van der Waals surface area contributed by atoms with E-state index in [2.05, 4.69) is 5.32 Å². The molecule has 1 heterocycles. The molecular formula is C20H23NO4. The highest BCUT2D eigenvalue weighted by atomic mass is 16.6. The molecule has 0 fully saturated rings. The van der Waals surface area contributed by atoms with Crippen LogP contribution in [0.5, 0.6) is 17.2 Å². The zero-order valence-electron chi connectivity index (χ0n) is 14.6. The predicted octanol–water partition coefficient (Wildman–Crippen LogP) is 2.68. The summed E-state index contributed by atoms with van der Waals surface area (Å²) in [7, 11) is 1.65. The molecule has 0 aromatic heterocycles. The Bertz CT molecular complexity index is 740. The van der Waals surface area contributed by atoms with Gasteiger partial charge in [-0.15, -0.1) is 0 Å². The minimum Gasteiger partial charge on any atom is -0.497 e. The Kier molecular flexibility index (Phi) is 5.43. The van der Waals surface area contributed by atoms with Crippen LogP contribution in [0.15, 0.2) is 36.4 Å². The Hall–Kier alpha value is -2.69. The fourth-order valence-corrected chi connectivity index (χ4v) is 2.80. The first kappa shape index (κ1) is 17.1. The number of nitrogens with one attached hydrogen (secondary N) is 1. The molecule has 1 aliphatic rings. The first-order valence-corrected chi connectivity index (χ1v) is 8.44.